The Labute approximate surface area is 104 Å². The predicted molar refractivity (Wildman–Crippen MR) is 65.5 cm³/mol. The lowest BCUT2D eigenvalue weighted by Crippen LogP contribution is -2.27. The zero-order valence-corrected chi connectivity index (χ0v) is 10.3. The third-order valence-corrected chi connectivity index (χ3v) is 2.47. The zero-order chi connectivity index (χ0) is 12.7. The van der Waals surface area contributed by atoms with Crippen molar-refractivity contribution in [1.29, 1.82) is 0 Å². The van der Waals surface area contributed by atoms with E-state index in [1.165, 1.54) is 12.3 Å². The number of carbonyl (C=O) groups is 1. The molecule has 17 heavy (non-hydrogen) atoms. The van der Waals surface area contributed by atoms with Crippen LogP contribution in [-0.4, -0.2) is 36.5 Å². The summed E-state index contributed by atoms with van der Waals surface area (Å²) < 4.78 is 4.87. The summed E-state index contributed by atoms with van der Waals surface area (Å²) in [7, 11) is 1.57. The number of aromatic nitrogens is 1. The van der Waals surface area contributed by atoms with Gasteiger partial charge in [0, 0.05) is 31.5 Å². The molecule has 0 bridgehead atoms. The van der Waals surface area contributed by atoms with Crippen LogP contribution in [0.25, 0.3) is 0 Å². The number of hydrogen-bond acceptors (Lipinski definition) is 3. The van der Waals surface area contributed by atoms with Crippen LogP contribution < -0.4 is 10.9 Å². The highest BCUT2D eigenvalue weighted by atomic mass is 35.5. The minimum atomic E-state index is -0.299. The number of ether oxygens (including phenoxy) is 1. The van der Waals surface area contributed by atoms with Crippen molar-refractivity contribution < 1.29 is 9.53 Å². The number of H-pyrrole nitrogens is 1. The van der Waals surface area contributed by atoms with Gasteiger partial charge in [-0.3, -0.25) is 9.59 Å². The van der Waals surface area contributed by atoms with Crippen LogP contribution in [0, 0.1) is 0 Å². The highest BCUT2D eigenvalue weighted by Crippen LogP contribution is 2.01. The quantitative estimate of drug-likeness (QED) is 0.740. The first kappa shape index (κ1) is 13.7. The molecular weight excluding hydrogens is 244 g/mol. The molecule has 1 unspecified atom stereocenters. The van der Waals surface area contributed by atoms with E-state index in [-0.39, 0.29) is 16.8 Å². The first-order valence-corrected chi connectivity index (χ1v) is 5.67. The van der Waals surface area contributed by atoms with Gasteiger partial charge in [0.05, 0.1) is 12.0 Å². The second-order valence-electron chi connectivity index (χ2n) is 3.54. The fourth-order valence-electron chi connectivity index (χ4n) is 1.29. The summed E-state index contributed by atoms with van der Waals surface area (Å²) in [5, 5.41) is 2.56. The number of alkyl halides is 1. The van der Waals surface area contributed by atoms with Crippen LogP contribution in [-0.2, 0) is 4.74 Å². The number of methoxy groups -OCH3 is 1. The lowest BCUT2D eigenvalue weighted by atomic mass is 10.2. The van der Waals surface area contributed by atoms with Crippen LogP contribution >= 0.6 is 11.6 Å². The lowest BCUT2D eigenvalue weighted by Gasteiger charge is -2.09. The van der Waals surface area contributed by atoms with E-state index < -0.39 is 0 Å². The van der Waals surface area contributed by atoms with Crippen molar-refractivity contribution in [2.24, 2.45) is 0 Å². The first-order chi connectivity index (χ1) is 8.13. The van der Waals surface area contributed by atoms with Gasteiger partial charge >= 0.3 is 0 Å². The Morgan fingerprint density at radius 2 is 2.41 bits per heavy atom. The fraction of sp³-hybridized carbons (Fsp3) is 0.455. The van der Waals surface area contributed by atoms with E-state index in [0.717, 1.165) is 0 Å². The van der Waals surface area contributed by atoms with Crippen LogP contribution in [0.4, 0.5) is 0 Å². The minimum Gasteiger partial charge on any atom is -0.383 e. The first-order valence-electron chi connectivity index (χ1n) is 5.23. The second-order valence-corrected chi connectivity index (χ2v) is 4.16. The third kappa shape index (κ3) is 5.01. The largest absolute Gasteiger partial charge is 0.383 e. The molecule has 2 N–H and O–H groups in total. The molecule has 1 aromatic rings. The maximum atomic E-state index is 11.6. The SMILES string of the molecule is COCC(Cl)CCNC(=O)c1cc[nH]c(=O)c1. The number of nitrogens with one attached hydrogen (secondary N) is 2. The predicted octanol–water partition coefficient (Wildman–Crippen LogP) is 0.749. The van der Waals surface area contributed by atoms with Crippen LogP contribution in [0.5, 0.6) is 0 Å². The van der Waals surface area contributed by atoms with Crippen molar-refractivity contribution in [3.8, 4) is 0 Å². The molecule has 94 valence electrons. The summed E-state index contributed by atoms with van der Waals surface area (Å²) in [6.07, 6.45) is 2.05. The lowest BCUT2D eigenvalue weighted by molar-refractivity contribution is 0.0951. The number of rotatable bonds is 6. The number of amides is 1. The molecule has 0 aliphatic heterocycles. The van der Waals surface area contributed by atoms with Gasteiger partial charge in [0.25, 0.3) is 5.91 Å². The maximum absolute atomic E-state index is 11.6. The molecule has 0 spiro atoms. The van der Waals surface area contributed by atoms with E-state index in [1.54, 1.807) is 13.2 Å². The van der Waals surface area contributed by atoms with Crippen molar-refractivity contribution in [2.75, 3.05) is 20.3 Å². The molecule has 0 fully saturated rings. The number of carbonyl (C=O) groups excluding carboxylic acids is 1. The van der Waals surface area contributed by atoms with Crippen molar-refractivity contribution in [2.45, 2.75) is 11.8 Å². The molecular formula is C11H15ClN2O3. The summed E-state index contributed by atoms with van der Waals surface area (Å²) in [6.45, 7) is 0.894. The Hall–Kier alpha value is -1.33. The smallest absolute Gasteiger partial charge is 0.251 e. The molecule has 5 nitrogen and oxygen atoms in total. The normalized spacial score (nSPS) is 12.1. The van der Waals surface area contributed by atoms with E-state index in [0.29, 0.717) is 25.1 Å². The van der Waals surface area contributed by atoms with Gasteiger partial charge in [-0.05, 0) is 12.5 Å². The molecule has 1 aromatic heterocycles. The average Bonchev–Trinajstić information content (AvgIpc) is 2.29. The molecule has 1 heterocycles. The van der Waals surface area contributed by atoms with Gasteiger partial charge in [-0.25, -0.2) is 0 Å². The molecule has 0 saturated heterocycles. The van der Waals surface area contributed by atoms with Gasteiger partial charge in [0.1, 0.15) is 0 Å². The molecule has 1 rings (SSSR count). The van der Waals surface area contributed by atoms with Gasteiger partial charge in [-0.2, -0.15) is 0 Å². The molecule has 1 atom stereocenters. The highest BCUT2D eigenvalue weighted by Gasteiger charge is 2.07. The van der Waals surface area contributed by atoms with Crippen LogP contribution in [0.2, 0.25) is 0 Å². The van der Waals surface area contributed by atoms with Crippen molar-refractivity contribution in [3.05, 3.63) is 34.2 Å². The van der Waals surface area contributed by atoms with Gasteiger partial charge < -0.3 is 15.0 Å². The average molecular weight is 259 g/mol. The van der Waals surface area contributed by atoms with Crippen molar-refractivity contribution in [3.63, 3.8) is 0 Å². The van der Waals surface area contributed by atoms with Crippen molar-refractivity contribution in [1.82, 2.24) is 10.3 Å². The van der Waals surface area contributed by atoms with E-state index in [2.05, 4.69) is 10.3 Å². The third-order valence-electron chi connectivity index (χ3n) is 2.13. The maximum Gasteiger partial charge on any atom is 0.251 e. The van der Waals surface area contributed by atoms with Gasteiger partial charge in [-0.1, -0.05) is 0 Å². The summed E-state index contributed by atoms with van der Waals surface area (Å²) in [5.41, 5.74) is 0.0406. The summed E-state index contributed by atoms with van der Waals surface area (Å²) in [6, 6.07) is 2.80. The number of pyridine rings is 1. The highest BCUT2D eigenvalue weighted by molar-refractivity contribution is 6.20. The Bertz CT molecular complexity index is 419. The van der Waals surface area contributed by atoms with Gasteiger partial charge in [0.15, 0.2) is 0 Å². The Morgan fingerprint density at radius 1 is 1.65 bits per heavy atom. The Balaban J connectivity index is 2.38. The van der Waals surface area contributed by atoms with E-state index >= 15 is 0 Å². The Morgan fingerprint density at radius 3 is 3.06 bits per heavy atom. The number of hydrogen-bond donors (Lipinski definition) is 2. The van der Waals surface area contributed by atoms with E-state index in [4.69, 9.17) is 16.3 Å². The molecule has 0 saturated carbocycles. The van der Waals surface area contributed by atoms with Crippen molar-refractivity contribution >= 4 is 17.5 Å². The van der Waals surface area contributed by atoms with Gasteiger partial charge in [-0.15, -0.1) is 11.6 Å². The van der Waals surface area contributed by atoms with Crippen LogP contribution in [0.1, 0.15) is 16.8 Å². The van der Waals surface area contributed by atoms with Gasteiger partial charge in [0.2, 0.25) is 5.56 Å². The zero-order valence-electron chi connectivity index (χ0n) is 9.53. The minimum absolute atomic E-state index is 0.125. The molecule has 0 aromatic carbocycles. The summed E-state index contributed by atoms with van der Waals surface area (Å²) in [5.74, 6) is -0.280. The number of aromatic amines is 1. The summed E-state index contributed by atoms with van der Waals surface area (Å²) in [4.78, 5) is 25.0. The molecule has 1 amide bonds. The molecule has 0 aliphatic rings. The molecule has 6 heteroatoms. The fourth-order valence-corrected chi connectivity index (χ4v) is 1.53. The van der Waals surface area contributed by atoms with Crippen LogP contribution in [0.3, 0.4) is 0 Å². The topological polar surface area (TPSA) is 71.2 Å². The standard InChI is InChI=1S/C11H15ClN2O3/c1-17-7-9(12)3-5-14-11(16)8-2-4-13-10(15)6-8/h2,4,6,9H,3,5,7H2,1H3,(H,13,15)(H,14,16). The second kappa shape index (κ2) is 7.09. The molecule has 0 radical (unpaired) electrons. The number of halogens is 1. The monoisotopic (exact) mass is 258 g/mol. The summed E-state index contributed by atoms with van der Waals surface area (Å²) >= 11 is 5.90. The Kier molecular flexibility index (Phi) is 5.72. The molecule has 0 aliphatic carbocycles. The van der Waals surface area contributed by atoms with E-state index in [1.807, 2.05) is 0 Å². The van der Waals surface area contributed by atoms with Crippen LogP contribution in [0.15, 0.2) is 23.1 Å². The van der Waals surface area contributed by atoms with E-state index in [9.17, 15) is 9.59 Å².